The van der Waals surface area contributed by atoms with Gasteiger partial charge in [-0.2, -0.15) is 5.10 Å². The Bertz CT molecular complexity index is 1130. The van der Waals surface area contributed by atoms with Crippen LogP contribution in [0.3, 0.4) is 0 Å². The summed E-state index contributed by atoms with van der Waals surface area (Å²) in [7, 11) is -4.04. The Labute approximate surface area is 148 Å². The van der Waals surface area contributed by atoms with Crippen molar-refractivity contribution in [3.63, 3.8) is 0 Å². The van der Waals surface area contributed by atoms with E-state index in [1.54, 1.807) is 6.21 Å². The van der Waals surface area contributed by atoms with Gasteiger partial charge in [0.05, 0.1) is 16.0 Å². The molecule has 0 aliphatic heterocycles. The van der Waals surface area contributed by atoms with Crippen LogP contribution in [-0.2, 0) is 10.0 Å². The van der Waals surface area contributed by atoms with Crippen molar-refractivity contribution in [2.75, 3.05) is 5.43 Å². The van der Waals surface area contributed by atoms with E-state index in [0.717, 1.165) is 28.2 Å². The van der Waals surface area contributed by atoms with Gasteiger partial charge in [-0.05, 0) is 25.1 Å². The van der Waals surface area contributed by atoms with Gasteiger partial charge in [-0.1, -0.05) is 18.2 Å². The van der Waals surface area contributed by atoms with Crippen LogP contribution in [0.4, 0.5) is 11.4 Å². The van der Waals surface area contributed by atoms with E-state index in [1.807, 2.05) is 31.2 Å². The minimum atomic E-state index is -4.04. The Morgan fingerprint density at radius 1 is 1.27 bits per heavy atom. The highest BCUT2D eigenvalue weighted by molar-refractivity contribution is 7.89. The number of nitrogens with one attached hydrogen (secondary N) is 2. The zero-order valence-electron chi connectivity index (χ0n) is 13.6. The number of primary sulfonamides is 1. The van der Waals surface area contributed by atoms with Crippen molar-refractivity contribution in [2.45, 2.75) is 11.8 Å². The van der Waals surface area contributed by atoms with Crippen molar-refractivity contribution in [1.29, 1.82) is 0 Å². The predicted molar refractivity (Wildman–Crippen MR) is 98.7 cm³/mol. The number of nitro benzene ring substituents is 1. The van der Waals surface area contributed by atoms with Crippen molar-refractivity contribution < 1.29 is 13.3 Å². The standard InChI is InChI=1S/C16H15N5O4S/c1-10-13(12-4-2-3-5-14(12)19-10)9-18-20-15-7-6-11(26(17,24)25)8-16(15)21(22)23/h2-9,19-20H,1H3,(H2,17,24,25)/b18-9+. The number of nitrogens with zero attached hydrogens (tertiary/aromatic N) is 2. The van der Waals surface area contributed by atoms with Crippen LogP contribution in [0.25, 0.3) is 10.9 Å². The summed E-state index contributed by atoms with van der Waals surface area (Å²) in [6.45, 7) is 1.89. The van der Waals surface area contributed by atoms with Crippen LogP contribution in [0.1, 0.15) is 11.3 Å². The summed E-state index contributed by atoms with van der Waals surface area (Å²) in [5.41, 5.74) is 4.89. The van der Waals surface area contributed by atoms with Gasteiger partial charge < -0.3 is 4.98 Å². The van der Waals surface area contributed by atoms with E-state index >= 15 is 0 Å². The largest absolute Gasteiger partial charge is 0.358 e. The molecule has 3 aromatic rings. The molecule has 0 fully saturated rings. The van der Waals surface area contributed by atoms with Crippen molar-refractivity contribution in [2.24, 2.45) is 10.2 Å². The molecule has 1 heterocycles. The quantitative estimate of drug-likeness (QED) is 0.357. The van der Waals surface area contributed by atoms with Gasteiger partial charge in [-0.3, -0.25) is 15.5 Å². The number of aromatic nitrogens is 1. The fourth-order valence-corrected chi connectivity index (χ4v) is 3.10. The number of rotatable bonds is 5. The molecule has 10 heteroatoms. The molecule has 0 bridgehead atoms. The molecule has 0 radical (unpaired) electrons. The molecule has 9 nitrogen and oxygen atoms in total. The highest BCUT2D eigenvalue weighted by atomic mass is 32.2. The predicted octanol–water partition coefficient (Wildman–Crippen LogP) is 2.48. The maximum atomic E-state index is 11.4. The number of aromatic amines is 1. The molecule has 2 aromatic carbocycles. The number of nitrogens with two attached hydrogens (primary N) is 1. The van der Waals surface area contributed by atoms with Gasteiger partial charge in [0.2, 0.25) is 10.0 Å². The van der Waals surface area contributed by atoms with Crippen LogP contribution in [0.5, 0.6) is 0 Å². The first-order valence-electron chi connectivity index (χ1n) is 7.45. The molecule has 0 aliphatic carbocycles. The van der Waals surface area contributed by atoms with Crippen LogP contribution >= 0.6 is 0 Å². The third kappa shape index (κ3) is 3.41. The number of anilines is 1. The fraction of sp³-hybridized carbons (Fsp3) is 0.0625. The second kappa shape index (κ2) is 6.58. The van der Waals surface area contributed by atoms with Crippen LogP contribution in [0.2, 0.25) is 0 Å². The Morgan fingerprint density at radius 3 is 2.69 bits per heavy atom. The highest BCUT2D eigenvalue weighted by Crippen LogP contribution is 2.27. The van der Waals surface area contributed by atoms with E-state index in [0.29, 0.717) is 0 Å². The van der Waals surface area contributed by atoms with E-state index in [9.17, 15) is 18.5 Å². The molecule has 0 atom stereocenters. The van der Waals surface area contributed by atoms with Gasteiger partial charge in [0.25, 0.3) is 5.69 Å². The zero-order chi connectivity index (χ0) is 18.9. The lowest BCUT2D eigenvalue weighted by Gasteiger charge is -2.04. The second-order valence-corrected chi connectivity index (χ2v) is 7.12. The van der Waals surface area contributed by atoms with Gasteiger partial charge in [-0.15, -0.1) is 0 Å². The first kappa shape index (κ1) is 17.6. The molecular formula is C16H15N5O4S. The summed E-state index contributed by atoms with van der Waals surface area (Å²) in [6.07, 6.45) is 1.55. The summed E-state index contributed by atoms with van der Waals surface area (Å²) in [4.78, 5) is 13.4. The Hall–Kier alpha value is -3.24. The number of para-hydroxylation sites is 1. The zero-order valence-corrected chi connectivity index (χ0v) is 14.4. The molecule has 0 aliphatic rings. The number of hydrogen-bond donors (Lipinski definition) is 3. The molecule has 0 amide bonds. The number of sulfonamides is 1. The lowest BCUT2D eigenvalue weighted by Crippen LogP contribution is -2.12. The van der Waals surface area contributed by atoms with Gasteiger partial charge >= 0.3 is 0 Å². The van der Waals surface area contributed by atoms with Gasteiger partial charge in [-0.25, -0.2) is 13.6 Å². The molecule has 0 saturated heterocycles. The monoisotopic (exact) mass is 373 g/mol. The van der Waals surface area contributed by atoms with Crippen molar-refractivity contribution in [1.82, 2.24) is 4.98 Å². The lowest BCUT2D eigenvalue weighted by atomic mass is 10.1. The Kier molecular flexibility index (Phi) is 4.45. The number of aryl methyl sites for hydroxylation is 1. The molecule has 26 heavy (non-hydrogen) atoms. The van der Waals surface area contributed by atoms with Gasteiger partial charge in [0.1, 0.15) is 5.69 Å². The molecule has 3 rings (SSSR count). The van der Waals surface area contributed by atoms with Crippen LogP contribution in [0.15, 0.2) is 52.5 Å². The smallest absolute Gasteiger partial charge is 0.295 e. The number of nitro groups is 1. The Balaban J connectivity index is 1.93. The molecule has 1 aromatic heterocycles. The van der Waals surface area contributed by atoms with E-state index in [4.69, 9.17) is 5.14 Å². The van der Waals surface area contributed by atoms with E-state index in [1.165, 1.54) is 12.1 Å². The first-order chi connectivity index (χ1) is 12.3. The fourth-order valence-electron chi connectivity index (χ4n) is 2.57. The third-order valence-electron chi connectivity index (χ3n) is 3.82. The molecule has 0 spiro atoms. The number of benzene rings is 2. The SMILES string of the molecule is Cc1[nH]c2ccccc2c1/C=N/Nc1ccc(S(N)(=O)=O)cc1[N+](=O)[O-]. The average molecular weight is 373 g/mol. The summed E-state index contributed by atoms with van der Waals surface area (Å²) in [6, 6.07) is 11.0. The first-order valence-corrected chi connectivity index (χ1v) is 8.99. The minimum absolute atomic E-state index is 0.0520. The summed E-state index contributed by atoms with van der Waals surface area (Å²) in [5.74, 6) is 0. The summed E-state index contributed by atoms with van der Waals surface area (Å²) in [5, 5.41) is 21.2. The summed E-state index contributed by atoms with van der Waals surface area (Å²) >= 11 is 0. The summed E-state index contributed by atoms with van der Waals surface area (Å²) < 4.78 is 22.7. The van der Waals surface area contributed by atoms with Crippen LogP contribution in [0, 0.1) is 17.0 Å². The lowest BCUT2D eigenvalue weighted by molar-refractivity contribution is -0.384. The number of hydrazone groups is 1. The Morgan fingerprint density at radius 2 is 2.00 bits per heavy atom. The maximum Gasteiger partial charge on any atom is 0.295 e. The number of hydrogen-bond acceptors (Lipinski definition) is 6. The third-order valence-corrected chi connectivity index (χ3v) is 4.73. The normalized spacial score (nSPS) is 11.9. The van der Waals surface area contributed by atoms with E-state index < -0.39 is 20.6 Å². The molecule has 0 saturated carbocycles. The highest BCUT2D eigenvalue weighted by Gasteiger charge is 2.18. The van der Waals surface area contributed by atoms with Crippen molar-refractivity contribution in [3.05, 3.63) is 63.8 Å². The van der Waals surface area contributed by atoms with Crippen LogP contribution in [-0.4, -0.2) is 24.5 Å². The average Bonchev–Trinajstić information content (AvgIpc) is 2.89. The topological polar surface area (TPSA) is 143 Å². The number of fused-ring (bicyclic) bond motifs is 1. The van der Waals surface area contributed by atoms with E-state index in [2.05, 4.69) is 15.5 Å². The van der Waals surface area contributed by atoms with Crippen LogP contribution < -0.4 is 10.6 Å². The molecular weight excluding hydrogens is 358 g/mol. The molecule has 134 valence electrons. The van der Waals surface area contributed by atoms with Gasteiger partial charge in [0, 0.05) is 28.2 Å². The molecule has 0 unspecified atom stereocenters. The van der Waals surface area contributed by atoms with E-state index in [-0.39, 0.29) is 10.6 Å². The van der Waals surface area contributed by atoms with Crippen molar-refractivity contribution >= 4 is 38.5 Å². The van der Waals surface area contributed by atoms with Gasteiger partial charge in [0.15, 0.2) is 0 Å². The number of H-pyrrole nitrogens is 1. The maximum absolute atomic E-state index is 11.4. The molecule has 4 N–H and O–H groups in total. The minimum Gasteiger partial charge on any atom is -0.358 e. The second-order valence-electron chi connectivity index (χ2n) is 5.56. The van der Waals surface area contributed by atoms with Crippen molar-refractivity contribution in [3.8, 4) is 0 Å².